The standard InChI is InChI=1S/C29H26N4O3.C18H16BrN3O2.C11H12BNO3/c1-31-15-7-12-24(34)22-11-6-10-20(16-22)21-13-14-25-23(17-21)29(27(35)33(2)28(30)32-29)18-26(36-25)19-8-4-3-5-9-19;1-22-16(23)18(21-17(22)20)10-15(11-5-3-2-4-6-11)24-14-8-7-12(19)9-13(14)18;1-13-7-3-6-11(14)9-4-2-5-10(8-9)12(15)16/h3-6,8-11,13-14,16-17,26H,7,12,15,18H2,2H3,(H2,30,32);2-9,15H,10H2,1H3,(H2,20,21);2,4-5,8,15-16H,3,6-7H2. The van der Waals surface area contributed by atoms with Crippen LogP contribution in [0.3, 0.4) is 0 Å². The Kier molecular flexibility index (Phi) is 16.6. The number of hydrogen-bond donors (Lipinski definition) is 4. The number of carbonyl (C=O) groups excluding carboxylic acids is 4. The average Bonchev–Trinajstić information content (AvgIpc) is 3.96. The van der Waals surface area contributed by atoms with E-state index in [2.05, 4.69) is 30.6 Å². The van der Waals surface area contributed by atoms with Crippen molar-refractivity contribution in [2.45, 2.75) is 61.8 Å². The normalized spacial score (nSPS) is 19.7. The average molecular weight is 1080 g/mol. The predicted molar refractivity (Wildman–Crippen MR) is 293 cm³/mol. The maximum absolute atomic E-state index is 13.6. The summed E-state index contributed by atoms with van der Waals surface area (Å²) in [5.41, 5.74) is 16.3. The lowest BCUT2D eigenvalue weighted by atomic mass is 9.79. The third-order valence-corrected chi connectivity index (χ3v) is 14.1. The van der Waals surface area contributed by atoms with Crippen LogP contribution in [0.15, 0.2) is 160 Å². The van der Waals surface area contributed by atoms with E-state index in [1.54, 1.807) is 38.4 Å². The molecule has 0 aromatic heterocycles. The molecule has 4 aliphatic heterocycles. The number of ketones is 2. The minimum atomic E-state index is -1.56. The van der Waals surface area contributed by atoms with Crippen LogP contribution in [0.2, 0.25) is 0 Å². The molecule has 4 unspecified atom stereocenters. The number of aliphatic imine (C=N–C) groups is 2. The molecule has 384 valence electrons. The number of fused-ring (bicyclic) bond motifs is 4. The molecule has 18 heteroatoms. The van der Waals surface area contributed by atoms with Crippen LogP contribution in [-0.2, 0) is 20.7 Å². The highest BCUT2D eigenvalue weighted by molar-refractivity contribution is 9.10. The topological polar surface area (TPSA) is 219 Å². The van der Waals surface area contributed by atoms with Crippen molar-refractivity contribution in [1.29, 1.82) is 0 Å². The summed E-state index contributed by atoms with van der Waals surface area (Å²) in [6, 6.07) is 44.7. The number of likely N-dealkylation sites (N-methyl/N-ethyl adjacent to an activating group) is 2. The minimum Gasteiger partial charge on any atom is -0.485 e. The van der Waals surface area contributed by atoms with Gasteiger partial charge in [-0.2, -0.15) is 0 Å². The lowest BCUT2D eigenvalue weighted by Gasteiger charge is -2.37. The van der Waals surface area contributed by atoms with Gasteiger partial charge in [-0.1, -0.05) is 125 Å². The Morgan fingerprint density at radius 3 is 1.58 bits per heavy atom. The summed E-state index contributed by atoms with van der Waals surface area (Å²) in [5.74, 6) is 1.29. The predicted octanol–water partition coefficient (Wildman–Crippen LogP) is 7.95. The molecule has 2 spiro atoms. The van der Waals surface area contributed by atoms with E-state index in [0.29, 0.717) is 85.3 Å². The van der Waals surface area contributed by atoms with Crippen LogP contribution in [0.25, 0.3) is 20.8 Å². The number of guanidine groups is 2. The number of benzene rings is 6. The first-order valence-corrected chi connectivity index (χ1v) is 25.3. The number of halogens is 1. The van der Waals surface area contributed by atoms with Crippen LogP contribution in [0.4, 0.5) is 0 Å². The first-order chi connectivity index (χ1) is 36.6. The van der Waals surface area contributed by atoms with Gasteiger partial charge >= 0.3 is 7.12 Å². The summed E-state index contributed by atoms with van der Waals surface area (Å²) in [7, 11) is 1.73. The van der Waals surface area contributed by atoms with Crippen molar-refractivity contribution in [2.75, 3.05) is 27.2 Å². The molecule has 4 heterocycles. The summed E-state index contributed by atoms with van der Waals surface area (Å²) in [6.45, 7) is 14.2. The Morgan fingerprint density at radius 2 is 1.11 bits per heavy atom. The Balaban J connectivity index is 0.000000165. The third-order valence-electron chi connectivity index (χ3n) is 13.6. The number of rotatable bonds is 12. The van der Waals surface area contributed by atoms with Crippen molar-refractivity contribution in [3.05, 3.63) is 206 Å². The molecule has 4 aliphatic rings. The number of Topliss-reactive ketones (excluding diaryl/α,β-unsaturated/α-hetero) is 2. The number of amides is 2. The smallest absolute Gasteiger partial charge is 0.485 e. The minimum absolute atomic E-state index is 0.00827. The summed E-state index contributed by atoms with van der Waals surface area (Å²) < 4.78 is 13.4. The molecular formula is C58H54BBrN8O8. The zero-order valence-corrected chi connectivity index (χ0v) is 43.4. The Labute approximate surface area is 449 Å². The van der Waals surface area contributed by atoms with Crippen LogP contribution in [0.1, 0.15) is 93.7 Å². The summed E-state index contributed by atoms with van der Waals surface area (Å²) in [4.78, 5) is 69.4. The van der Waals surface area contributed by atoms with Crippen molar-refractivity contribution in [2.24, 2.45) is 21.5 Å². The van der Waals surface area contributed by atoms with E-state index < -0.39 is 18.2 Å². The molecule has 0 bridgehead atoms. The largest absolute Gasteiger partial charge is 0.488 e. The van der Waals surface area contributed by atoms with Crippen LogP contribution in [0.5, 0.6) is 11.5 Å². The van der Waals surface area contributed by atoms with E-state index in [0.717, 1.165) is 32.3 Å². The van der Waals surface area contributed by atoms with Gasteiger partial charge in [0.1, 0.15) is 23.7 Å². The molecule has 6 aromatic rings. The summed E-state index contributed by atoms with van der Waals surface area (Å²) >= 11 is 3.47. The molecule has 16 nitrogen and oxygen atoms in total. The van der Waals surface area contributed by atoms with Gasteiger partial charge in [0, 0.05) is 79.3 Å². The number of ether oxygens (including phenoxy) is 2. The van der Waals surface area contributed by atoms with Crippen LogP contribution in [0, 0.1) is 13.1 Å². The Morgan fingerprint density at radius 1 is 0.645 bits per heavy atom. The van der Waals surface area contributed by atoms with Gasteiger partial charge in [0.2, 0.25) is 13.1 Å². The van der Waals surface area contributed by atoms with Crippen molar-refractivity contribution < 1.29 is 38.7 Å². The van der Waals surface area contributed by atoms with Crippen LogP contribution in [-0.4, -0.2) is 89.5 Å². The van der Waals surface area contributed by atoms with E-state index in [4.69, 9.17) is 49.1 Å². The quantitative estimate of drug-likeness (QED) is 0.0401. The first-order valence-electron chi connectivity index (χ1n) is 24.5. The Bertz CT molecular complexity index is 3330. The molecule has 0 aliphatic carbocycles. The molecule has 10 rings (SSSR count). The number of hydrogen-bond acceptors (Lipinski definition) is 12. The van der Waals surface area contributed by atoms with Gasteiger partial charge in [-0.25, -0.2) is 23.1 Å². The van der Waals surface area contributed by atoms with Crippen molar-refractivity contribution in [3.8, 4) is 22.6 Å². The second kappa shape index (κ2) is 23.4. The van der Waals surface area contributed by atoms with Crippen molar-refractivity contribution >= 4 is 63.8 Å². The lowest BCUT2D eigenvalue weighted by Crippen LogP contribution is -2.43. The summed E-state index contributed by atoms with van der Waals surface area (Å²) in [5, 5.41) is 17.9. The highest BCUT2D eigenvalue weighted by atomic mass is 79.9. The molecule has 76 heavy (non-hydrogen) atoms. The molecule has 6 aromatic carbocycles. The molecule has 0 fully saturated rings. The molecule has 2 amide bonds. The van der Waals surface area contributed by atoms with Gasteiger partial charge in [0.15, 0.2) is 34.6 Å². The van der Waals surface area contributed by atoms with E-state index in [9.17, 15) is 19.2 Å². The number of nitrogens with zero attached hydrogens (tertiary/aromatic N) is 6. The second-order valence-electron chi connectivity index (χ2n) is 18.6. The monoisotopic (exact) mass is 1080 g/mol. The fourth-order valence-corrected chi connectivity index (χ4v) is 9.97. The Hall–Kier alpha value is -8.42. The lowest BCUT2D eigenvalue weighted by molar-refractivity contribution is -0.133. The summed E-state index contributed by atoms with van der Waals surface area (Å²) in [6.07, 6.45) is 1.87. The van der Waals surface area contributed by atoms with Crippen LogP contribution >= 0.6 is 15.9 Å². The SMILES string of the molecule is CN1C(=O)C2(CC(c3ccccc3)Oc3ccc(Br)cc32)N=C1N.[C-]#[N+]CCCC(=O)c1cccc(-c2ccc3c(c2)C2(CC(c4ccccc4)O3)N=C(N)N(C)C2=O)c1.[C-]#[N+]CCCC(=O)c1cccc(B(O)O)c1. The molecule has 0 radical (unpaired) electrons. The fraction of sp³-hybridized carbons (Fsp3) is 0.241. The number of carbonyl (C=O) groups is 4. The van der Waals surface area contributed by atoms with Gasteiger partial charge in [-0.3, -0.25) is 29.0 Å². The molecular weight excluding hydrogens is 1030 g/mol. The van der Waals surface area contributed by atoms with Crippen molar-refractivity contribution in [1.82, 2.24) is 9.80 Å². The highest BCUT2D eigenvalue weighted by Crippen LogP contribution is 2.52. The first kappa shape index (κ1) is 53.9. The molecule has 0 saturated carbocycles. The third kappa shape index (κ3) is 11.3. The molecule has 4 atom stereocenters. The maximum atomic E-state index is 13.6. The van der Waals surface area contributed by atoms with Crippen LogP contribution < -0.4 is 26.4 Å². The zero-order valence-electron chi connectivity index (χ0n) is 41.8. The van der Waals surface area contributed by atoms with Gasteiger partial charge in [-0.15, -0.1) is 0 Å². The van der Waals surface area contributed by atoms with E-state index in [1.807, 2.05) is 115 Å². The van der Waals surface area contributed by atoms with E-state index >= 15 is 0 Å². The van der Waals surface area contributed by atoms with Gasteiger partial charge in [0.05, 0.1) is 0 Å². The van der Waals surface area contributed by atoms with E-state index in [1.165, 1.54) is 15.9 Å². The van der Waals surface area contributed by atoms with Crippen molar-refractivity contribution in [3.63, 3.8) is 0 Å². The molecule has 6 N–H and O–H groups in total. The van der Waals surface area contributed by atoms with Gasteiger partial charge in [0.25, 0.3) is 11.8 Å². The van der Waals surface area contributed by atoms with Gasteiger partial charge < -0.3 is 40.7 Å². The highest BCUT2D eigenvalue weighted by Gasteiger charge is 2.55. The maximum Gasteiger partial charge on any atom is 0.488 e. The second-order valence-corrected chi connectivity index (χ2v) is 19.5. The zero-order chi connectivity index (χ0) is 54.1. The fourth-order valence-electron chi connectivity index (χ4n) is 9.60. The number of nitrogens with two attached hydrogens (primary N) is 2. The van der Waals surface area contributed by atoms with Gasteiger partial charge in [-0.05, 0) is 64.1 Å². The molecule has 0 saturated heterocycles. The van der Waals surface area contributed by atoms with E-state index in [-0.39, 0.29) is 47.5 Å².